The number of carboxylic acid groups (broad SMARTS) is 1. The lowest BCUT2D eigenvalue weighted by Crippen LogP contribution is -2.16. The van der Waals surface area contributed by atoms with Crippen LogP contribution < -0.4 is 5.32 Å². The highest BCUT2D eigenvalue weighted by Gasteiger charge is 2.19. The molecular weight excluding hydrogens is 394 g/mol. The number of aliphatic carboxylic acids is 1. The van der Waals surface area contributed by atoms with Crippen molar-refractivity contribution in [3.8, 4) is 0 Å². The summed E-state index contributed by atoms with van der Waals surface area (Å²) in [5, 5.41) is 23.0. The van der Waals surface area contributed by atoms with Gasteiger partial charge < -0.3 is 10.4 Å². The molecule has 0 aliphatic carbocycles. The summed E-state index contributed by atoms with van der Waals surface area (Å²) >= 11 is 0. The topological polar surface area (TPSA) is 102 Å². The van der Waals surface area contributed by atoms with E-state index in [9.17, 15) is 9.59 Å². The Morgan fingerprint density at radius 3 is 2.65 bits per heavy atom. The highest BCUT2D eigenvalue weighted by molar-refractivity contribution is 6.04. The number of nitrogens with zero attached hydrogens (tertiary/aromatic N) is 4. The molecule has 2 heterocycles. The second kappa shape index (κ2) is 8.06. The predicted octanol–water partition coefficient (Wildman–Crippen LogP) is 3.80. The molecule has 31 heavy (non-hydrogen) atoms. The van der Waals surface area contributed by atoms with Crippen LogP contribution in [0.3, 0.4) is 0 Å². The molecule has 1 unspecified atom stereocenters. The van der Waals surface area contributed by atoms with Crippen LogP contribution >= 0.6 is 0 Å². The molecular formula is C23H23N5O3. The van der Waals surface area contributed by atoms with Gasteiger partial charge in [-0.3, -0.25) is 14.2 Å². The summed E-state index contributed by atoms with van der Waals surface area (Å²) in [6.45, 7) is 5.84. The smallest absolute Gasteiger partial charge is 0.328 e. The van der Waals surface area contributed by atoms with Gasteiger partial charge in [0.05, 0.1) is 35.4 Å². The molecule has 0 fully saturated rings. The van der Waals surface area contributed by atoms with Crippen LogP contribution in [0.25, 0.3) is 10.8 Å². The van der Waals surface area contributed by atoms with Crippen molar-refractivity contribution < 1.29 is 14.7 Å². The highest BCUT2D eigenvalue weighted by atomic mass is 16.4. The van der Waals surface area contributed by atoms with Crippen molar-refractivity contribution >= 4 is 28.3 Å². The Bertz CT molecular complexity index is 1280. The second-order valence-corrected chi connectivity index (χ2v) is 7.52. The summed E-state index contributed by atoms with van der Waals surface area (Å²) in [6.07, 6.45) is 2.79. The lowest BCUT2D eigenvalue weighted by Gasteiger charge is -2.09. The van der Waals surface area contributed by atoms with Gasteiger partial charge in [-0.2, -0.15) is 10.2 Å². The molecule has 1 atom stereocenters. The zero-order valence-corrected chi connectivity index (χ0v) is 17.5. The van der Waals surface area contributed by atoms with E-state index in [0.717, 1.165) is 11.3 Å². The van der Waals surface area contributed by atoms with Gasteiger partial charge >= 0.3 is 5.97 Å². The van der Waals surface area contributed by atoms with Crippen LogP contribution in [0.2, 0.25) is 0 Å². The van der Waals surface area contributed by atoms with Crippen molar-refractivity contribution in [3.05, 3.63) is 77.4 Å². The predicted molar refractivity (Wildman–Crippen MR) is 117 cm³/mol. The number of carbonyl (C=O) groups is 2. The molecule has 4 aromatic rings. The number of benzene rings is 2. The number of fused-ring (bicyclic) bond motifs is 1. The summed E-state index contributed by atoms with van der Waals surface area (Å²) in [5.74, 6) is -1.38. The standard InChI is InChI=1S/C23H23N5O3/c1-14-21(25-22(29)19-11-24-27(13-19)16(3)23(30)31)15(2)28(26-14)12-18-9-6-8-17-7-4-5-10-20(17)18/h4-11,13,16H,12H2,1-3H3,(H,25,29)(H,30,31). The molecule has 2 aromatic carbocycles. The number of carboxylic acids is 1. The molecule has 8 nitrogen and oxygen atoms in total. The number of aromatic nitrogens is 4. The summed E-state index contributed by atoms with van der Waals surface area (Å²) in [4.78, 5) is 23.8. The SMILES string of the molecule is Cc1nn(Cc2cccc3ccccc23)c(C)c1NC(=O)c1cnn(C(C)C(=O)O)c1. The first-order valence-corrected chi connectivity index (χ1v) is 9.94. The van der Waals surface area contributed by atoms with Gasteiger partial charge in [-0.05, 0) is 37.1 Å². The monoisotopic (exact) mass is 417 g/mol. The number of rotatable bonds is 6. The maximum atomic E-state index is 12.7. The average molecular weight is 417 g/mol. The van der Waals surface area contributed by atoms with Crippen LogP contribution in [-0.2, 0) is 11.3 Å². The zero-order valence-electron chi connectivity index (χ0n) is 17.5. The quantitative estimate of drug-likeness (QED) is 0.497. The molecule has 2 N–H and O–H groups in total. The van der Waals surface area contributed by atoms with Crippen molar-refractivity contribution in [2.45, 2.75) is 33.4 Å². The second-order valence-electron chi connectivity index (χ2n) is 7.52. The minimum Gasteiger partial charge on any atom is -0.480 e. The van der Waals surface area contributed by atoms with E-state index in [1.54, 1.807) is 0 Å². The number of amides is 1. The number of anilines is 1. The Hall–Kier alpha value is -3.94. The van der Waals surface area contributed by atoms with Crippen molar-refractivity contribution in [3.63, 3.8) is 0 Å². The molecule has 0 aliphatic heterocycles. The van der Waals surface area contributed by atoms with Crippen molar-refractivity contribution in [2.75, 3.05) is 5.32 Å². The van der Waals surface area contributed by atoms with Crippen LogP contribution in [0.4, 0.5) is 5.69 Å². The number of carbonyl (C=O) groups excluding carboxylic acids is 1. The Morgan fingerprint density at radius 1 is 1.13 bits per heavy atom. The summed E-state index contributed by atoms with van der Waals surface area (Å²) in [6, 6.07) is 13.5. The molecule has 158 valence electrons. The molecule has 1 amide bonds. The molecule has 0 saturated carbocycles. The molecule has 2 aromatic heterocycles. The molecule has 0 saturated heterocycles. The van der Waals surface area contributed by atoms with Crippen LogP contribution in [0, 0.1) is 13.8 Å². The minimum atomic E-state index is -1.02. The number of hydrogen-bond acceptors (Lipinski definition) is 4. The van der Waals surface area contributed by atoms with E-state index in [-0.39, 0.29) is 11.5 Å². The average Bonchev–Trinajstić information content (AvgIpc) is 3.35. The van der Waals surface area contributed by atoms with E-state index in [2.05, 4.69) is 39.8 Å². The Labute approximate surface area is 179 Å². The Kier molecular flexibility index (Phi) is 5.29. The minimum absolute atomic E-state index is 0.286. The zero-order chi connectivity index (χ0) is 22.1. The van der Waals surface area contributed by atoms with Gasteiger partial charge in [0.15, 0.2) is 0 Å². The van der Waals surface area contributed by atoms with Gasteiger partial charge in [-0.15, -0.1) is 0 Å². The third-order valence-corrected chi connectivity index (χ3v) is 5.44. The maximum Gasteiger partial charge on any atom is 0.328 e. The van der Waals surface area contributed by atoms with E-state index in [4.69, 9.17) is 5.11 Å². The first kappa shape index (κ1) is 20.3. The first-order chi connectivity index (χ1) is 14.8. The fourth-order valence-corrected chi connectivity index (χ4v) is 3.59. The Morgan fingerprint density at radius 2 is 1.87 bits per heavy atom. The largest absolute Gasteiger partial charge is 0.480 e. The molecule has 8 heteroatoms. The highest BCUT2D eigenvalue weighted by Crippen LogP contribution is 2.24. The number of nitrogens with one attached hydrogen (secondary N) is 1. The first-order valence-electron chi connectivity index (χ1n) is 9.94. The van der Waals surface area contributed by atoms with Gasteiger partial charge in [-0.25, -0.2) is 4.79 Å². The maximum absolute atomic E-state index is 12.7. The Balaban J connectivity index is 1.57. The van der Waals surface area contributed by atoms with E-state index in [1.807, 2.05) is 36.7 Å². The third-order valence-electron chi connectivity index (χ3n) is 5.44. The fourth-order valence-electron chi connectivity index (χ4n) is 3.59. The van der Waals surface area contributed by atoms with Gasteiger partial charge in [0, 0.05) is 6.20 Å². The number of hydrogen-bond donors (Lipinski definition) is 2. The molecule has 0 radical (unpaired) electrons. The van der Waals surface area contributed by atoms with E-state index < -0.39 is 12.0 Å². The van der Waals surface area contributed by atoms with Gasteiger partial charge in [0.1, 0.15) is 6.04 Å². The summed E-state index contributed by atoms with van der Waals surface area (Å²) < 4.78 is 3.13. The van der Waals surface area contributed by atoms with Crippen LogP contribution in [-0.4, -0.2) is 36.5 Å². The number of aryl methyl sites for hydroxylation is 1. The van der Waals surface area contributed by atoms with Crippen molar-refractivity contribution in [2.24, 2.45) is 0 Å². The normalized spacial score (nSPS) is 12.1. The van der Waals surface area contributed by atoms with Gasteiger partial charge in [0.2, 0.25) is 0 Å². The molecule has 4 rings (SSSR count). The lowest BCUT2D eigenvalue weighted by molar-refractivity contribution is -0.140. The summed E-state index contributed by atoms with van der Waals surface area (Å²) in [5.41, 5.74) is 3.62. The summed E-state index contributed by atoms with van der Waals surface area (Å²) in [7, 11) is 0. The third kappa shape index (κ3) is 3.92. The molecule has 0 bridgehead atoms. The van der Waals surface area contributed by atoms with Gasteiger partial charge in [0.25, 0.3) is 5.91 Å². The van der Waals surface area contributed by atoms with E-state index in [0.29, 0.717) is 17.9 Å². The fraction of sp³-hybridized carbons (Fsp3) is 0.217. The van der Waals surface area contributed by atoms with Gasteiger partial charge in [-0.1, -0.05) is 42.5 Å². The van der Waals surface area contributed by atoms with Crippen molar-refractivity contribution in [1.29, 1.82) is 0 Å². The van der Waals surface area contributed by atoms with E-state index >= 15 is 0 Å². The molecule has 0 spiro atoms. The van der Waals surface area contributed by atoms with Crippen molar-refractivity contribution in [1.82, 2.24) is 19.6 Å². The molecule has 0 aliphatic rings. The van der Waals surface area contributed by atoms with Crippen LogP contribution in [0.15, 0.2) is 54.9 Å². The van der Waals surface area contributed by atoms with E-state index in [1.165, 1.54) is 34.8 Å². The lowest BCUT2D eigenvalue weighted by atomic mass is 10.0. The van der Waals surface area contributed by atoms with Crippen LogP contribution in [0.1, 0.15) is 40.3 Å². The van der Waals surface area contributed by atoms with Crippen LogP contribution in [0.5, 0.6) is 0 Å².